The van der Waals surface area contributed by atoms with Gasteiger partial charge >= 0.3 is 0 Å². The van der Waals surface area contributed by atoms with Gasteiger partial charge in [-0.15, -0.1) is 0 Å². The number of hydrogen-bond acceptors (Lipinski definition) is 2. The summed E-state index contributed by atoms with van der Waals surface area (Å²) in [6, 6.07) is 7.06. The predicted molar refractivity (Wildman–Crippen MR) is 75.9 cm³/mol. The van der Waals surface area contributed by atoms with E-state index in [0.29, 0.717) is 23.0 Å². The molecule has 0 heterocycles. The summed E-state index contributed by atoms with van der Waals surface area (Å²) >= 11 is 0. The molecule has 0 fully saturated rings. The number of carbonyl (C=O) groups excluding carboxylic acids is 2. The number of ketones is 1. The molecule has 0 spiro atoms. The molecule has 0 unspecified atom stereocenters. The van der Waals surface area contributed by atoms with Crippen molar-refractivity contribution in [3.8, 4) is 0 Å². The highest BCUT2D eigenvalue weighted by Gasteiger charge is 2.18. The second-order valence-electron chi connectivity index (χ2n) is 4.86. The minimum Gasteiger partial charge on any atom is -0.298 e. The molecule has 102 valence electrons. The van der Waals surface area contributed by atoms with Gasteiger partial charge < -0.3 is 0 Å². The predicted octanol–water partition coefficient (Wildman–Crippen LogP) is 3.79. The highest BCUT2D eigenvalue weighted by atomic mass is 19.1. The average molecular weight is 270 g/mol. The molecule has 0 radical (unpaired) electrons. The Balaban J connectivity index is 2.62. The van der Waals surface area contributed by atoms with Crippen LogP contribution in [0.5, 0.6) is 0 Å². The first kappa shape index (κ1) is 14.1. The Morgan fingerprint density at radius 1 is 1.05 bits per heavy atom. The first-order valence-electron chi connectivity index (χ1n) is 6.32. The van der Waals surface area contributed by atoms with E-state index in [4.69, 9.17) is 0 Å². The summed E-state index contributed by atoms with van der Waals surface area (Å²) in [5, 5.41) is 0. The zero-order valence-corrected chi connectivity index (χ0v) is 11.7. The molecule has 0 atom stereocenters. The maximum Gasteiger partial charge on any atom is 0.194 e. The Morgan fingerprint density at radius 3 is 2.20 bits per heavy atom. The van der Waals surface area contributed by atoms with Gasteiger partial charge in [-0.1, -0.05) is 0 Å². The van der Waals surface area contributed by atoms with Crippen LogP contribution >= 0.6 is 0 Å². The molecule has 0 aromatic heterocycles. The molecular formula is C17H15FO2. The number of carbonyl (C=O) groups is 2. The molecule has 2 aromatic carbocycles. The Labute approximate surface area is 117 Å². The fourth-order valence-corrected chi connectivity index (χ4v) is 2.25. The van der Waals surface area contributed by atoms with Gasteiger partial charge in [0.05, 0.1) is 0 Å². The summed E-state index contributed by atoms with van der Waals surface area (Å²) in [5.41, 5.74) is 3.90. The molecule has 2 aromatic rings. The van der Waals surface area contributed by atoms with E-state index in [1.54, 1.807) is 6.07 Å². The maximum atomic E-state index is 12.9. The highest BCUT2D eigenvalue weighted by Crippen LogP contribution is 2.24. The quantitative estimate of drug-likeness (QED) is 0.628. The van der Waals surface area contributed by atoms with Crippen molar-refractivity contribution in [3.05, 3.63) is 69.5 Å². The molecule has 2 nitrogen and oxygen atoms in total. The molecule has 0 bridgehead atoms. The third kappa shape index (κ3) is 2.39. The van der Waals surface area contributed by atoms with Crippen LogP contribution in [0.1, 0.15) is 43.0 Å². The molecule has 20 heavy (non-hydrogen) atoms. The largest absolute Gasteiger partial charge is 0.298 e. The molecule has 2 rings (SSSR count). The van der Waals surface area contributed by atoms with Crippen LogP contribution in [0.15, 0.2) is 30.3 Å². The van der Waals surface area contributed by atoms with Gasteiger partial charge in [-0.3, -0.25) is 9.59 Å². The minimum absolute atomic E-state index is 0.257. The molecule has 0 amide bonds. The van der Waals surface area contributed by atoms with Crippen molar-refractivity contribution in [2.45, 2.75) is 20.8 Å². The summed E-state index contributed by atoms with van der Waals surface area (Å²) in [4.78, 5) is 23.8. The van der Waals surface area contributed by atoms with E-state index in [2.05, 4.69) is 0 Å². The average Bonchev–Trinajstić information content (AvgIpc) is 2.44. The molecule has 0 aliphatic rings. The lowest BCUT2D eigenvalue weighted by Crippen LogP contribution is -2.10. The van der Waals surface area contributed by atoms with E-state index in [9.17, 15) is 14.0 Å². The van der Waals surface area contributed by atoms with Crippen LogP contribution in [-0.4, -0.2) is 12.1 Å². The minimum atomic E-state index is -0.394. The van der Waals surface area contributed by atoms with E-state index in [1.807, 2.05) is 20.8 Å². The smallest absolute Gasteiger partial charge is 0.194 e. The lowest BCUT2D eigenvalue weighted by atomic mass is 9.89. The molecular weight excluding hydrogens is 255 g/mol. The summed E-state index contributed by atoms with van der Waals surface area (Å²) in [5.74, 6) is -0.651. The van der Waals surface area contributed by atoms with Crippen LogP contribution in [0.25, 0.3) is 0 Å². The molecule has 0 aliphatic carbocycles. The monoisotopic (exact) mass is 270 g/mol. The zero-order chi connectivity index (χ0) is 14.9. The standard InChI is InChI=1S/C17H15FO2/c1-10-8-14(9-19)16(12(3)11(10)2)17(20)13-4-6-15(18)7-5-13/h4-9H,1-3H3. The number of rotatable bonds is 3. The van der Waals surface area contributed by atoms with E-state index >= 15 is 0 Å². The zero-order valence-electron chi connectivity index (χ0n) is 11.7. The van der Waals surface area contributed by atoms with Gasteiger partial charge in [0, 0.05) is 16.7 Å². The van der Waals surface area contributed by atoms with Crippen LogP contribution in [0.4, 0.5) is 4.39 Å². The number of aldehydes is 1. The van der Waals surface area contributed by atoms with Crippen LogP contribution in [-0.2, 0) is 0 Å². The van der Waals surface area contributed by atoms with Crippen molar-refractivity contribution in [1.82, 2.24) is 0 Å². The molecule has 0 saturated heterocycles. The van der Waals surface area contributed by atoms with E-state index in [-0.39, 0.29) is 5.78 Å². The SMILES string of the molecule is Cc1cc(C=O)c(C(=O)c2ccc(F)cc2)c(C)c1C. The Hall–Kier alpha value is -2.29. The van der Waals surface area contributed by atoms with Crippen molar-refractivity contribution in [3.63, 3.8) is 0 Å². The normalized spacial score (nSPS) is 10.4. The van der Waals surface area contributed by atoms with E-state index in [1.165, 1.54) is 24.3 Å². The lowest BCUT2D eigenvalue weighted by Gasteiger charge is -2.13. The van der Waals surface area contributed by atoms with Gasteiger partial charge in [0.1, 0.15) is 5.82 Å². The number of aryl methyl sites for hydroxylation is 1. The van der Waals surface area contributed by atoms with Crippen molar-refractivity contribution in [1.29, 1.82) is 0 Å². The third-order valence-corrected chi connectivity index (χ3v) is 3.65. The van der Waals surface area contributed by atoms with Gasteiger partial charge in [0.15, 0.2) is 12.1 Å². The van der Waals surface area contributed by atoms with Crippen molar-refractivity contribution in [2.75, 3.05) is 0 Å². The molecule has 0 saturated carbocycles. The molecule has 3 heteroatoms. The first-order chi connectivity index (χ1) is 9.45. The first-order valence-corrected chi connectivity index (χ1v) is 6.32. The fraction of sp³-hybridized carbons (Fsp3) is 0.176. The van der Waals surface area contributed by atoms with Crippen molar-refractivity contribution in [2.24, 2.45) is 0 Å². The number of halogens is 1. The molecule has 0 N–H and O–H groups in total. The highest BCUT2D eigenvalue weighted by molar-refractivity contribution is 6.13. The third-order valence-electron chi connectivity index (χ3n) is 3.65. The second kappa shape index (κ2) is 5.37. The van der Waals surface area contributed by atoms with Gasteiger partial charge in [0.2, 0.25) is 0 Å². The van der Waals surface area contributed by atoms with Crippen molar-refractivity contribution < 1.29 is 14.0 Å². The van der Waals surface area contributed by atoms with Gasteiger partial charge in [-0.25, -0.2) is 4.39 Å². The Morgan fingerprint density at radius 2 is 1.65 bits per heavy atom. The summed E-state index contributed by atoms with van der Waals surface area (Å²) < 4.78 is 12.9. The van der Waals surface area contributed by atoms with E-state index in [0.717, 1.165) is 16.7 Å². The lowest BCUT2D eigenvalue weighted by molar-refractivity contribution is 0.102. The Bertz CT molecular complexity index is 685. The van der Waals surface area contributed by atoms with E-state index < -0.39 is 5.82 Å². The summed E-state index contributed by atoms with van der Waals surface area (Å²) in [7, 11) is 0. The number of hydrogen-bond donors (Lipinski definition) is 0. The van der Waals surface area contributed by atoms with Crippen LogP contribution < -0.4 is 0 Å². The van der Waals surface area contributed by atoms with Gasteiger partial charge in [0.25, 0.3) is 0 Å². The Kier molecular flexibility index (Phi) is 3.79. The van der Waals surface area contributed by atoms with Crippen LogP contribution in [0.3, 0.4) is 0 Å². The van der Waals surface area contributed by atoms with Crippen LogP contribution in [0.2, 0.25) is 0 Å². The second-order valence-corrected chi connectivity index (χ2v) is 4.86. The topological polar surface area (TPSA) is 34.1 Å². The summed E-state index contributed by atoms with van der Waals surface area (Å²) in [6.45, 7) is 5.65. The van der Waals surface area contributed by atoms with Gasteiger partial charge in [-0.2, -0.15) is 0 Å². The molecule has 0 aliphatic heterocycles. The van der Waals surface area contributed by atoms with Crippen LogP contribution in [0, 0.1) is 26.6 Å². The summed E-state index contributed by atoms with van der Waals surface area (Å²) in [6.07, 6.45) is 0.691. The maximum absolute atomic E-state index is 12.9. The van der Waals surface area contributed by atoms with Crippen molar-refractivity contribution >= 4 is 12.1 Å². The fourth-order valence-electron chi connectivity index (χ4n) is 2.25. The number of benzene rings is 2. The van der Waals surface area contributed by atoms with Gasteiger partial charge in [-0.05, 0) is 67.8 Å².